The molecule has 1 atom stereocenters. The molecule has 0 heterocycles. The molecule has 0 amide bonds. The van der Waals surface area contributed by atoms with Crippen molar-refractivity contribution in [1.82, 2.24) is 4.90 Å². The van der Waals surface area contributed by atoms with Crippen LogP contribution >= 0.6 is 0 Å². The van der Waals surface area contributed by atoms with Gasteiger partial charge in [0.2, 0.25) is 0 Å². The number of nitrogens with zero attached hydrogens (tertiary/aromatic N) is 1. The minimum absolute atomic E-state index is 0.110. The van der Waals surface area contributed by atoms with E-state index in [0.717, 1.165) is 25.7 Å². The first-order valence-corrected chi connectivity index (χ1v) is 20.2. The van der Waals surface area contributed by atoms with E-state index in [1.165, 1.54) is 141 Å². The van der Waals surface area contributed by atoms with E-state index in [1.807, 2.05) is 19.0 Å². The number of carbonyl (C=O) groups is 2. The maximum absolute atomic E-state index is 12.5. The van der Waals surface area contributed by atoms with Crippen molar-refractivity contribution in [3.8, 4) is 0 Å². The van der Waals surface area contributed by atoms with Crippen molar-refractivity contribution >= 4 is 11.8 Å². The van der Waals surface area contributed by atoms with Gasteiger partial charge in [0.15, 0.2) is 5.78 Å². The quantitative estimate of drug-likeness (QED) is 0.0377. The topological polar surface area (TPSA) is 55.8 Å². The second kappa shape index (κ2) is 37.4. The Balaban J connectivity index is 3.76. The van der Waals surface area contributed by atoms with Crippen molar-refractivity contribution in [1.29, 1.82) is 0 Å². The van der Waals surface area contributed by atoms with E-state index in [0.29, 0.717) is 19.4 Å². The molecule has 0 fully saturated rings. The largest absolute Gasteiger partial charge is 0.459 e. The van der Waals surface area contributed by atoms with Crippen LogP contribution in [0.25, 0.3) is 0 Å². The summed E-state index contributed by atoms with van der Waals surface area (Å²) in [6, 6.07) is 0. The number of hydrogen-bond donors (Lipinski definition) is 0. The zero-order valence-corrected chi connectivity index (χ0v) is 31.9. The smallest absolute Gasteiger partial charge is 0.306 e. The van der Waals surface area contributed by atoms with Gasteiger partial charge < -0.3 is 14.4 Å². The molecule has 0 saturated carbocycles. The highest BCUT2D eigenvalue weighted by molar-refractivity contribution is 5.79. The van der Waals surface area contributed by atoms with Crippen LogP contribution < -0.4 is 0 Å². The Morgan fingerprint density at radius 2 is 0.915 bits per heavy atom. The molecule has 0 aliphatic rings. The molecule has 0 aliphatic carbocycles. The number of ketones is 1. The Kier molecular flexibility index (Phi) is 36.2. The Labute approximate surface area is 293 Å². The van der Waals surface area contributed by atoms with Crippen molar-refractivity contribution in [2.24, 2.45) is 0 Å². The van der Waals surface area contributed by atoms with Crippen LogP contribution in [0.2, 0.25) is 0 Å². The predicted octanol–water partition coefficient (Wildman–Crippen LogP) is 12.1. The number of likely N-dealkylation sites (N-methyl/N-ethyl adjacent to an activating group) is 1. The van der Waals surface area contributed by atoms with Gasteiger partial charge in [0.05, 0.1) is 6.61 Å². The van der Waals surface area contributed by atoms with Gasteiger partial charge in [0, 0.05) is 19.4 Å². The lowest BCUT2D eigenvalue weighted by Crippen LogP contribution is -2.34. The zero-order chi connectivity index (χ0) is 34.5. The number of rotatable bonds is 37. The Morgan fingerprint density at radius 1 is 0.532 bits per heavy atom. The van der Waals surface area contributed by atoms with Crippen molar-refractivity contribution in [3.05, 3.63) is 24.3 Å². The average Bonchev–Trinajstić information content (AvgIpc) is 3.04. The van der Waals surface area contributed by atoms with E-state index in [-0.39, 0.29) is 31.1 Å². The lowest BCUT2D eigenvalue weighted by molar-refractivity contribution is -0.153. The number of carbonyl (C=O) groups excluding carboxylic acids is 2. The van der Waals surface area contributed by atoms with Crippen LogP contribution in [0.5, 0.6) is 0 Å². The molecule has 0 rings (SSSR count). The molecule has 276 valence electrons. The molecule has 5 heteroatoms. The van der Waals surface area contributed by atoms with Gasteiger partial charge in [0.1, 0.15) is 12.7 Å². The fraction of sp³-hybridized carbons (Fsp3) is 0.857. The summed E-state index contributed by atoms with van der Waals surface area (Å²) in [4.78, 5) is 26.8. The lowest BCUT2D eigenvalue weighted by Gasteiger charge is -2.21. The van der Waals surface area contributed by atoms with Crippen molar-refractivity contribution in [2.45, 2.75) is 200 Å². The molecule has 0 aromatic heterocycles. The zero-order valence-electron chi connectivity index (χ0n) is 31.9. The monoisotopic (exact) mass is 662 g/mol. The number of allylic oxidation sites excluding steroid dienone is 4. The van der Waals surface area contributed by atoms with Crippen LogP contribution in [0, 0.1) is 0 Å². The summed E-state index contributed by atoms with van der Waals surface area (Å²) in [5.41, 5.74) is 0. The normalized spacial score (nSPS) is 12.5. The molecule has 0 bridgehead atoms. The van der Waals surface area contributed by atoms with Crippen molar-refractivity contribution < 1.29 is 19.1 Å². The SMILES string of the molecule is CCCCCCCC/C=C\CCCCCCCC(=O)COCC(CN(C)C)OC(=O)CCCCCCC/C=C\CCCCCCCC. The van der Waals surface area contributed by atoms with Crippen LogP contribution in [0.1, 0.15) is 194 Å². The van der Waals surface area contributed by atoms with E-state index in [2.05, 4.69) is 38.2 Å². The van der Waals surface area contributed by atoms with E-state index in [9.17, 15) is 9.59 Å². The summed E-state index contributed by atoms with van der Waals surface area (Å²) in [6.07, 6.45) is 42.6. The molecule has 0 aromatic rings. The summed E-state index contributed by atoms with van der Waals surface area (Å²) < 4.78 is 11.4. The van der Waals surface area contributed by atoms with Crippen molar-refractivity contribution in [2.75, 3.05) is 33.9 Å². The fourth-order valence-corrected chi connectivity index (χ4v) is 5.89. The molecular weight excluding hydrogens is 582 g/mol. The van der Waals surface area contributed by atoms with Crippen LogP contribution in [-0.4, -0.2) is 56.6 Å². The average molecular weight is 662 g/mol. The van der Waals surface area contributed by atoms with Gasteiger partial charge in [-0.25, -0.2) is 0 Å². The summed E-state index contributed by atoms with van der Waals surface area (Å²) in [6.45, 7) is 5.52. The maximum Gasteiger partial charge on any atom is 0.306 e. The number of unbranched alkanes of at least 4 members (excludes halogenated alkanes) is 22. The van der Waals surface area contributed by atoms with Gasteiger partial charge in [0.25, 0.3) is 0 Å². The van der Waals surface area contributed by atoms with Gasteiger partial charge in [-0.1, -0.05) is 141 Å². The number of Topliss-reactive ketones (excluding diaryl/α,β-unsaturated/α-hetero) is 1. The highest BCUT2D eigenvalue weighted by atomic mass is 16.6. The Bertz CT molecular complexity index is 732. The summed E-state index contributed by atoms with van der Waals surface area (Å²) >= 11 is 0. The third kappa shape index (κ3) is 37.2. The van der Waals surface area contributed by atoms with Gasteiger partial charge in [-0.3, -0.25) is 9.59 Å². The third-order valence-corrected chi connectivity index (χ3v) is 8.79. The second-order valence-corrected chi connectivity index (χ2v) is 14.1. The Hall–Kier alpha value is -1.46. The first-order valence-electron chi connectivity index (χ1n) is 20.2. The highest BCUT2D eigenvalue weighted by Crippen LogP contribution is 2.12. The van der Waals surface area contributed by atoms with E-state index >= 15 is 0 Å². The molecule has 0 aliphatic heterocycles. The van der Waals surface area contributed by atoms with E-state index in [1.54, 1.807) is 0 Å². The van der Waals surface area contributed by atoms with E-state index in [4.69, 9.17) is 9.47 Å². The molecular formula is C42H79NO4. The first-order chi connectivity index (χ1) is 23.0. The van der Waals surface area contributed by atoms with Crippen LogP contribution in [0.15, 0.2) is 24.3 Å². The minimum atomic E-state index is -0.340. The van der Waals surface area contributed by atoms with Crippen LogP contribution in [-0.2, 0) is 19.1 Å². The summed E-state index contributed by atoms with van der Waals surface area (Å²) in [5.74, 6) is -0.0106. The molecule has 1 unspecified atom stereocenters. The molecule has 0 N–H and O–H groups in total. The first kappa shape index (κ1) is 45.5. The van der Waals surface area contributed by atoms with E-state index < -0.39 is 0 Å². The molecule has 0 saturated heterocycles. The predicted molar refractivity (Wildman–Crippen MR) is 203 cm³/mol. The number of ether oxygens (including phenoxy) is 2. The molecule has 0 spiro atoms. The standard InChI is InChI=1S/C42H79NO4/c1-5-7-9-11-13-15-17-19-21-23-25-27-29-31-33-35-40(44)38-46-39-41(37-43(3)4)47-42(45)36-34-32-30-28-26-24-22-20-18-16-14-12-10-8-6-2/h19-22,41H,5-18,23-39H2,1-4H3/b21-19-,22-20-. The molecule has 0 radical (unpaired) electrons. The Morgan fingerprint density at radius 3 is 1.34 bits per heavy atom. The van der Waals surface area contributed by atoms with Gasteiger partial charge in [-0.05, 0) is 78.3 Å². The van der Waals surface area contributed by atoms with Gasteiger partial charge in [-0.15, -0.1) is 0 Å². The van der Waals surface area contributed by atoms with Gasteiger partial charge in [-0.2, -0.15) is 0 Å². The fourth-order valence-electron chi connectivity index (χ4n) is 5.89. The highest BCUT2D eigenvalue weighted by Gasteiger charge is 2.16. The van der Waals surface area contributed by atoms with Crippen LogP contribution in [0.4, 0.5) is 0 Å². The summed E-state index contributed by atoms with van der Waals surface area (Å²) in [5, 5.41) is 0. The number of hydrogen-bond acceptors (Lipinski definition) is 5. The van der Waals surface area contributed by atoms with Gasteiger partial charge >= 0.3 is 5.97 Å². The minimum Gasteiger partial charge on any atom is -0.459 e. The van der Waals surface area contributed by atoms with Crippen molar-refractivity contribution in [3.63, 3.8) is 0 Å². The third-order valence-electron chi connectivity index (χ3n) is 8.79. The van der Waals surface area contributed by atoms with Crippen LogP contribution in [0.3, 0.4) is 0 Å². The molecule has 0 aromatic carbocycles. The maximum atomic E-state index is 12.5. The molecule has 47 heavy (non-hydrogen) atoms. The summed E-state index contributed by atoms with van der Waals surface area (Å²) in [7, 11) is 3.92. The second-order valence-electron chi connectivity index (χ2n) is 14.1. The number of esters is 1. The molecule has 5 nitrogen and oxygen atoms in total. The lowest BCUT2D eigenvalue weighted by atomic mass is 10.1.